The zero-order valence-corrected chi connectivity index (χ0v) is 6.51. The Morgan fingerprint density at radius 2 is 1.92 bits per heavy atom. The lowest BCUT2D eigenvalue weighted by Crippen LogP contribution is -2.07. The van der Waals surface area contributed by atoms with E-state index in [1.54, 1.807) is 0 Å². The van der Waals surface area contributed by atoms with Crippen molar-refractivity contribution in [2.75, 3.05) is 0 Å². The van der Waals surface area contributed by atoms with Gasteiger partial charge in [0.25, 0.3) is 0 Å². The summed E-state index contributed by atoms with van der Waals surface area (Å²) in [6, 6.07) is 1.03. The molecule has 0 heterocycles. The molecule has 0 fully saturated rings. The van der Waals surface area contributed by atoms with Crippen molar-refractivity contribution in [3.63, 3.8) is 0 Å². The number of rotatable bonds is 1. The molecule has 0 radical (unpaired) electrons. The van der Waals surface area contributed by atoms with Crippen LogP contribution in [0.15, 0.2) is 12.1 Å². The summed E-state index contributed by atoms with van der Waals surface area (Å²) >= 11 is 0. The molecule has 66 valence electrons. The number of phenolic OH excluding ortho intramolecular Hbond substituents is 1. The molecule has 0 aliphatic rings. The summed E-state index contributed by atoms with van der Waals surface area (Å²) in [6.07, 6.45) is 0. The van der Waals surface area contributed by atoms with E-state index in [0.29, 0.717) is 6.07 Å². The highest BCUT2D eigenvalue weighted by Gasteiger charge is 2.11. The van der Waals surface area contributed by atoms with Gasteiger partial charge in [0.1, 0.15) is 5.82 Å². The minimum atomic E-state index is -0.858. The molecule has 0 saturated carbocycles. The predicted octanol–water partition coefficient (Wildman–Crippen LogP) is 1.69. The van der Waals surface area contributed by atoms with E-state index in [-0.39, 0.29) is 5.56 Å². The third-order valence-corrected chi connectivity index (χ3v) is 1.56. The molecule has 1 rings (SSSR count). The Labute approximate surface area is 68.6 Å². The Balaban J connectivity index is 3.23. The van der Waals surface area contributed by atoms with Gasteiger partial charge in [-0.2, -0.15) is 0 Å². The van der Waals surface area contributed by atoms with Crippen LogP contribution in [-0.2, 0) is 0 Å². The quantitative estimate of drug-likeness (QED) is 0.678. The molecule has 1 atom stereocenters. The normalized spacial score (nSPS) is 13.0. The molecule has 0 aliphatic heterocycles. The van der Waals surface area contributed by atoms with Crippen LogP contribution < -0.4 is 5.73 Å². The molecule has 4 heteroatoms. The van der Waals surface area contributed by atoms with Crippen LogP contribution in [0.25, 0.3) is 0 Å². The largest absolute Gasteiger partial charge is 0.505 e. The third kappa shape index (κ3) is 1.53. The fourth-order valence-electron chi connectivity index (χ4n) is 0.901. The predicted molar refractivity (Wildman–Crippen MR) is 40.6 cm³/mol. The molecule has 0 bridgehead atoms. The number of benzene rings is 1. The maximum atomic E-state index is 12.9. The second-order valence-electron chi connectivity index (χ2n) is 2.61. The number of phenols is 1. The lowest BCUT2D eigenvalue weighted by atomic mass is 10.1. The summed E-state index contributed by atoms with van der Waals surface area (Å²) in [5, 5.41) is 8.75. The number of hydrogen-bond donors (Lipinski definition) is 2. The molecule has 0 amide bonds. The van der Waals surface area contributed by atoms with Gasteiger partial charge in [-0.3, -0.25) is 0 Å². The van der Waals surface area contributed by atoms with E-state index in [4.69, 9.17) is 10.8 Å². The lowest BCUT2D eigenvalue weighted by molar-refractivity contribution is 0.424. The Morgan fingerprint density at radius 3 is 2.42 bits per heavy atom. The molecule has 1 aromatic rings. The highest BCUT2D eigenvalue weighted by molar-refractivity contribution is 5.31. The Hall–Kier alpha value is -1.16. The highest BCUT2D eigenvalue weighted by atomic mass is 19.1. The van der Waals surface area contributed by atoms with Crippen molar-refractivity contribution in [3.05, 3.63) is 29.3 Å². The Kier molecular flexibility index (Phi) is 2.28. The second-order valence-corrected chi connectivity index (χ2v) is 2.61. The first-order valence-electron chi connectivity index (χ1n) is 3.46. The number of hydrogen-bond acceptors (Lipinski definition) is 2. The fraction of sp³-hybridized carbons (Fsp3) is 0.250. The van der Waals surface area contributed by atoms with Crippen LogP contribution in [-0.4, -0.2) is 5.11 Å². The van der Waals surface area contributed by atoms with Crippen molar-refractivity contribution in [1.82, 2.24) is 0 Å². The zero-order chi connectivity index (χ0) is 9.30. The van der Waals surface area contributed by atoms with Gasteiger partial charge < -0.3 is 10.8 Å². The van der Waals surface area contributed by atoms with Gasteiger partial charge in [-0.15, -0.1) is 0 Å². The molecule has 3 N–H and O–H groups in total. The van der Waals surface area contributed by atoms with E-state index in [1.807, 2.05) is 0 Å². The molecule has 1 aromatic carbocycles. The van der Waals surface area contributed by atoms with Gasteiger partial charge in [0, 0.05) is 17.7 Å². The maximum Gasteiger partial charge on any atom is 0.165 e. The van der Waals surface area contributed by atoms with Gasteiger partial charge in [-0.05, 0) is 13.0 Å². The minimum absolute atomic E-state index is 0.0605. The van der Waals surface area contributed by atoms with Crippen LogP contribution in [0, 0.1) is 11.6 Å². The summed E-state index contributed by atoms with van der Waals surface area (Å²) in [5.74, 6) is -2.25. The molecular formula is C8H9F2NO. The van der Waals surface area contributed by atoms with Crippen LogP contribution in [0.5, 0.6) is 5.75 Å². The van der Waals surface area contributed by atoms with Crippen LogP contribution in [0.2, 0.25) is 0 Å². The molecular weight excluding hydrogens is 164 g/mol. The number of halogens is 2. The monoisotopic (exact) mass is 173 g/mol. The van der Waals surface area contributed by atoms with Crippen molar-refractivity contribution in [1.29, 1.82) is 0 Å². The van der Waals surface area contributed by atoms with Crippen LogP contribution >= 0.6 is 0 Å². The van der Waals surface area contributed by atoms with Crippen LogP contribution in [0.4, 0.5) is 8.78 Å². The standard InChI is InChI=1S/C8H9F2NO/c1-4(11)5-2-7(10)8(12)3-6(5)9/h2-4,12H,11H2,1H3/t4-/m1/s1. The summed E-state index contributed by atoms with van der Waals surface area (Å²) < 4.78 is 25.5. The summed E-state index contributed by atoms with van der Waals surface area (Å²) in [6.45, 7) is 1.54. The molecule has 0 unspecified atom stereocenters. The van der Waals surface area contributed by atoms with E-state index in [2.05, 4.69) is 0 Å². The Bertz CT molecular complexity index is 299. The average molecular weight is 173 g/mol. The van der Waals surface area contributed by atoms with Crippen molar-refractivity contribution in [2.24, 2.45) is 5.73 Å². The van der Waals surface area contributed by atoms with Gasteiger partial charge in [-0.1, -0.05) is 0 Å². The average Bonchev–Trinajstić information content (AvgIpc) is 1.96. The molecule has 0 aromatic heterocycles. The van der Waals surface area contributed by atoms with Gasteiger partial charge in [0.2, 0.25) is 0 Å². The van der Waals surface area contributed by atoms with E-state index in [9.17, 15) is 8.78 Å². The first-order valence-corrected chi connectivity index (χ1v) is 3.46. The maximum absolute atomic E-state index is 12.9. The van der Waals surface area contributed by atoms with E-state index in [1.165, 1.54) is 6.92 Å². The summed E-state index contributed by atoms with van der Waals surface area (Å²) in [7, 11) is 0. The topological polar surface area (TPSA) is 46.2 Å². The molecule has 2 nitrogen and oxygen atoms in total. The van der Waals surface area contributed by atoms with Gasteiger partial charge >= 0.3 is 0 Å². The van der Waals surface area contributed by atoms with Crippen molar-refractivity contribution >= 4 is 0 Å². The highest BCUT2D eigenvalue weighted by Crippen LogP contribution is 2.22. The second kappa shape index (κ2) is 3.06. The van der Waals surface area contributed by atoms with Crippen molar-refractivity contribution in [2.45, 2.75) is 13.0 Å². The SMILES string of the molecule is C[C@@H](N)c1cc(F)c(O)cc1F. The van der Waals surface area contributed by atoms with Gasteiger partial charge in [0.15, 0.2) is 11.6 Å². The fourth-order valence-corrected chi connectivity index (χ4v) is 0.901. The molecule has 0 saturated heterocycles. The van der Waals surface area contributed by atoms with Crippen LogP contribution in [0.1, 0.15) is 18.5 Å². The minimum Gasteiger partial charge on any atom is -0.505 e. The summed E-state index contributed by atoms with van der Waals surface area (Å²) in [5.41, 5.74) is 5.41. The van der Waals surface area contributed by atoms with E-state index in [0.717, 1.165) is 6.07 Å². The molecule has 0 aliphatic carbocycles. The Morgan fingerprint density at radius 1 is 1.33 bits per heavy atom. The van der Waals surface area contributed by atoms with Crippen molar-refractivity contribution < 1.29 is 13.9 Å². The van der Waals surface area contributed by atoms with E-state index >= 15 is 0 Å². The first-order chi connectivity index (χ1) is 5.52. The number of aromatic hydroxyl groups is 1. The first kappa shape index (κ1) is 8.93. The van der Waals surface area contributed by atoms with Gasteiger partial charge in [0.05, 0.1) is 0 Å². The van der Waals surface area contributed by atoms with E-state index < -0.39 is 23.4 Å². The number of nitrogens with two attached hydrogens (primary N) is 1. The van der Waals surface area contributed by atoms with Crippen LogP contribution in [0.3, 0.4) is 0 Å². The zero-order valence-electron chi connectivity index (χ0n) is 6.51. The third-order valence-electron chi connectivity index (χ3n) is 1.56. The lowest BCUT2D eigenvalue weighted by Gasteiger charge is -2.07. The van der Waals surface area contributed by atoms with Gasteiger partial charge in [-0.25, -0.2) is 8.78 Å². The smallest absolute Gasteiger partial charge is 0.165 e. The molecule has 12 heavy (non-hydrogen) atoms. The summed E-state index contributed by atoms with van der Waals surface area (Å²) in [4.78, 5) is 0. The molecule has 0 spiro atoms. The van der Waals surface area contributed by atoms with Crippen molar-refractivity contribution in [3.8, 4) is 5.75 Å².